The summed E-state index contributed by atoms with van der Waals surface area (Å²) >= 11 is 3.38. The Morgan fingerprint density at radius 1 is 1.25 bits per heavy atom. The largest absolute Gasteiger partial charge is 0.478 e. The minimum atomic E-state index is -0.889. The molecule has 2 heterocycles. The Hall–Kier alpha value is -1.72. The van der Waals surface area contributed by atoms with Gasteiger partial charge in [0.15, 0.2) is 0 Å². The number of thiophene rings is 1. The van der Waals surface area contributed by atoms with Crippen LogP contribution in [0, 0.1) is 0 Å². The summed E-state index contributed by atoms with van der Waals surface area (Å²) in [5, 5.41) is 12.2. The minimum absolute atomic E-state index is 0.325. The number of carboxylic acid groups (broad SMARTS) is 1. The van der Waals surface area contributed by atoms with Gasteiger partial charge in [-0.15, -0.1) is 22.7 Å². The summed E-state index contributed by atoms with van der Waals surface area (Å²) in [7, 11) is 0. The van der Waals surface area contributed by atoms with Gasteiger partial charge in [0.25, 0.3) is 0 Å². The zero-order chi connectivity index (χ0) is 13.9. The van der Waals surface area contributed by atoms with Crippen LogP contribution in [-0.2, 0) is 12.8 Å². The number of carboxylic acids is 1. The second kappa shape index (κ2) is 5.73. The number of hydrogen-bond donors (Lipinski definition) is 1. The lowest BCUT2D eigenvalue weighted by molar-refractivity contribution is 0.0697. The zero-order valence-electron chi connectivity index (χ0n) is 10.7. The molecule has 0 aliphatic carbocycles. The Morgan fingerprint density at radius 2 is 2.15 bits per heavy atom. The molecule has 3 nitrogen and oxygen atoms in total. The third kappa shape index (κ3) is 2.89. The molecule has 0 aliphatic rings. The van der Waals surface area contributed by atoms with E-state index in [2.05, 4.69) is 22.5 Å². The van der Waals surface area contributed by atoms with E-state index in [1.54, 1.807) is 40.9 Å². The molecule has 3 rings (SSSR count). The van der Waals surface area contributed by atoms with Crippen molar-refractivity contribution in [2.24, 2.45) is 0 Å². The van der Waals surface area contributed by atoms with Gasteiger partial charge in [-0.05, 0) is 48.9 Å². The lowest BCUT2D eigenvalue weighted by Crippen LogP contribution is -1.94. The Morgan fingerprint density at radius 3 is 2.90 bits per heavy atom. The fraction of sp³-hybridized carbons (Fsp3) is 0.200. The van der Waals surface area contributed by atoms with Gasteiger partial charge in [-0.3, -0.25) is 0 Å². The number of aromatic carboxylic acids is 1. The first-order chi connectivity index (χ1) is 9.72. The Kier molecular flexibility index (Phi) is 3.80. The number of hydrogen-bond acceptors (Lipinski definition) is 4. The van der Waals surface area contributed by atoms with Crippen LogP contribution in [0.3, 0.4) is 0 Å². The minimum Gasteiger partial charge on any atom is -0.478 e. The molecule has 0 amide bonds. The van der Waals surface area contributed by atoms with E-state index in [0.717, 1.165) is 34.5 Å². The van der Waals surface area contributed by atoms with Crippen LogP contribution in [0.5, 0.6) is 0 Å². The molecule has 0 aliphatic heterocycles. The van der Waals surface area contributed by atoms with E-state index in [1.807, 2.05) is 0 Å². The van der Waals surface area contributed by atoms with Gasteiger partial charge in [0.1, 0.15) is 0 Å². The van der Waals surface area contributed by atoms with Crippen molar-refractivity contribution in [1.29, 1.82) is 0 Å². The molecule has 5 heteroatoms. The third-order valence-electron chi connectivity index (χ3n) is 3.07. The SMILES string of the molecule is O=C(O)c1ccc2nc(CCCc3cccs3)sc2c1. The summed E-state index contributed by atoms with van der Waals surface area (Å²) in [5.41, 5.74) is 1.22. The number of aromatic nitrogens is 1. The fourth-order valence-corrected chi connectivity index (χ4v) is 3.88. The van der Waals surface area contributed by atoms with Gasteiger partial charge < -0.3 is 5.11 Å². The van der Waals surface area contributed by atoms with Crippen LogP contribution in [-0.4, -0.2) is 16.1 Å². The van der Waals surface area contributed by atoms with E-state index in [9.17, 15) is 4.79 Å². The van der Waals surface area contributed by atoms with E-state index in [-0.39, 0.29) is 0 Å². The molecule has 20 heavy (non-hydrogen) atoms. The number of aryl methyl sites for hydroxylation is 2. The molecule has 102 valence electrons. The fourth-order valence-electron chi connectivity index (χ4n) is 2.08. The maximum Gasteiger partial charge on any atom is 0.335 e. The Balaban J connectivity index is 1.70. The highest BCUT2D eigenvalue weighted by Gasteiger charge is 2.08. The predicted molar refractivity (Wildman–Crippen MR) is 82.9 cm³/mol. The van der Waals surface area contributed by atoms with Crippen molar-refractivity contribution < 1.29 is 9.90 Å². The van der Waals surface area contributed by atoms with Crippen LogP contribution in [0.15, 0.2) is 35.7 Å². The summed E-state index contributed by atoms with van der Waals surface area (Å²) in [5.74, 6) is -0.889. The maximum absolute atomic E-state index is 10.9. The number of benzene rings is 1. The molecular formula is C15H13NO2S2. The molecular weight excluding hydrogens is 290 g/mol. The molecule has 1 N–H and O–H groups in total. The van der Waals surface area contributed by atoms with Crippen molar-refractivity contribution in [3.8, 4) is 0 Å². The van der Waals surface area contributed by atoms with E-state index in [1.165, 1.54) is 4.88 Å². The van der Waals surface area contributed by atoms with Crippen molar-refractivity contribution >= 4 is 38.9 Å². The molecule has 0 saturated carbocycles. The van der Waals surface area contributed by atoms with Gasteiger partial charge >= 0.3 is 5.97 Å². The topological polar surface area (TPSA) is 50.2 Å². The molecule has 0 spiro atoms. The van der Waals surface area contributed by atoms with E-state index in [4.69, 9.17) is 5.11 Å². The summed E-state index contributed by atoms with van der Waals surface area (Å²) in [6, 6.07) is 9.34. The first-order valence-corrected chi connectivity index (χ1v) is 8.07. The van der Waals surface area contributed by atoms with Gasteiger partial charge in [-0.25, -0.2) is 9.78 Å². The van der Waals surface area contributed by atoms with Crippen LogP contribution < -0.4 is 0 Å². The van der Waals surface area contributed by atoms with E-state index >= 15 is 0 Å². The van der Waals surface area contributed by atoms with Crippen LogP contribution in [0.4, 0.5) is 0 Å². The average Bonchev–Trinajstić information content (AvgIpc) is 3.06. The number of rotatable bonds is 5. The molecule has 0 atom stereocenters. The summed E-state index contributed by atoms with van der Waals surface area (Å²) in [4.78, 5) is 16.9. The van der Waals surface area contributed by atoms with Crippen molar-refractivity contribution in [1.82, 2.24) is 4.98 Å². The highest BCUT2D eigenvalue weighted by Crippen LogP contribution is 2.25. The van der Waals surface area contributed by atoms with Crippen LogP contribution in [0.25, 0.3) is 10.2 Å². The number of thiazole rings is 1. The highest BCUT2D eigenvalue weighted by atomic mass is 32.1. The van der Waals surface area contributed by atoms with Gasteiger partial charge in [0.2, 0.25) is 0 Å². The Bertz CT molecular complexity index is 732. The molecule has 1 aromatic carbocycles. The van der Waals surface area contributed by atoms with Gasteiger partial charge in [0.05, 0.1) is 20.8 Å². The van der Waals surface area contributed by atoms with Crippen molar-refractivity contribution in [3.63, 3.8) is 0 Å². The summed E-state index contributed by atoms with van der Waals surface area (Å²) in [6.07, 6.45) is 3.10. The monoisotopic (exact) mass is 303 g/mol. The van der Waals surface area contributed by atoms with Crippen LogP contribution >= 0.6 is 22.7 Å². The first-order valence-electron chi connectivity index (χ1n) is 6.37. The lowest BCUT2D eigenvalue weighted by Gasteiger charge is -1.94. The molecule has 0 radical (unpaired) electrons. The van der Waals surface area contributed by atoms with Crippen molar-refractivity contribution in [2.75, 3.05) is 0 Å². The maximum atomic E-state index is 10.9. The first kappa shape index (κ1) is 13.3. The van der Waals surface area contributed by atoms with Gasteiger partial charge in [0, 0.05) is 4.88 Å². The van der Waals surface area contributed by atoms with Gasteiger partial charge in [-0.2, -0.15) is 0 Å². The smallest absolute Gasteiger partial charge is 0.335 e. The van der Waals surface area contributed by atoms with Crippen LogP contribution in [0.1, 0.15) is 26.7 Å². The molecule has 2 aromatic heterocycles. The lowest BCUT2D eigenvalue weighted by atomic mass is 10.2. The molecule has 0 bridgehead atoms. The number of carbonyl (C=O) groups is 1. The molecule has 0 unspecified atom stereocenters. The van der Waals surface area contributed by atoms with Crippen molar-refractivity contribution in [2.45, 2.75) is 19.3 Å². The third-order valence-corrected chi connectivity index (χ3v) is 5.09. The summed E-state index contributed by atoms with van der Waals surface area (Å²) < 4.78 is 0.955. The molecule has 0 saturated heterocycles. The second-order valence-electron chi connectivity index (χ2n) is 4.53. The molecule has 0 fully saturated rings. The van der Waals surface area contributed by atoms with Crippen LogP contribution in [0.2, 0.25) is 0 Å². The van der Waals surface area contributed by atoms with E-state index in [0.29, 0.717) is 5.56 Å². The summed E-state index contributed by atoms with van der Waals surface area (Å²) in [6.45, 7) is 0. The van der Waals surface area contributed by atoms with E-state index < -0.39 is 5.97 Å². The number of nitrogens with zero attached hydrogens (tertiary/aromatic N) is 1. The quantitative estimate of drug-likeness (QED) is 0.767. The Labute approximate surface area is 124 Å². The number of fused-ring (bicyclic) bond motifs is 1. The normalized spacial score (nSPS) is 11.0. The molecule has 3 aromatic rings. The van der Waals surface area contributed by atoms with Gasteiger partial charge in [-0.1, -0.05) is 6.07 Å². The predicted octanol–water partition coefficient (Wildman–Crippen LogP) is 4.23. The van der Waals surface area contributed by atoms with Crippen molar-refractivity contribution in [3.05, 3.63) is 51.2 Å². The second-order valence-corrected chi connectivity index (χ2v) is 6.68. The highest BCUT2D eigenvalue weighted by molar-refractivity contribution is 7.18. The average molecular weight is 303 g/mol. The zero-order valence-corrected chi connectivity index (χ0v) is 12.3. The standard InChI is InChI=1S/C15H13NO2S2/c17-15(18)10-6-7-12-13(9-10)20-14(16-12)5-1-3-11-4-2-8-19-11/h2,4,6-9H,1,3,5H2,(H,17,18).